The molecule has 0 aliphatic carbocycles. The molecule has 32 heavy (non-hydrogen) atoms. The Morgan fingerprint density at radius 1 is 1.09 bits per heavy atom. The molecule has 2 aromatic carbocycles. The van der Waals surface area contributed by atoms with E-state index >= 15 is 0 Å². The highest BCUT2D eigenvalue weighted by molar-refractivity contribution is 5.98. The number of nitriles is 1. The number of halogens is 1. The Morgan fingerprint density at radius 3 is 2.78 bits per heavy atom. The van der Waals surface area contributed by atoms with Crippen LogP contribution in [-0.4, -0.2) is 39.9 Å². The van der Waals surface area contributed by atoms with Crippen LogP contribution < -0.4 is 5.32 Å². The highest BCUT2D eigenvalue weighted by Gasteiger charge is 2.31. The number of pyridine rings is 2. The molecule has 1 aliphatic rings. The van der Waals surface area contributed by atoms with Crippen LogP contribution >= 0.6 is 0 Å². The third-order valence-corrected chi connectivity index (χ3v) is 5.58. The van der Waals surface area contributed by atoms with Crippen LogP contribution in [0.4, 0.5) is 10.1 Å². The van der Waals surface area contributed by atoms with Gasteiger partial charge < -0.3 is 10.2 Å². The average Bonchev–Trinajstić information content (AvgIpc) is 2.80. The van der Waals surface area contributed by atoms with Crippen LogP contribution in [0.15, 0.2) is 73.2 Å². The summed E-state index contributed by atoms with van der Waals surface area (Å²) in [5.74, 6) is -0.875. The van der Waals surface area contributed by atoms with Crippen LogP contribution in [-0.2, 0) is 0 Å². The minimum absolute atomic E-state index is 0.0646. The van der Waals surface area contributed by atoms with Crippen molar-refractivity contribution in [3.8, 4) is 17.2 Å². The predicted octanol–water partition coefficient (Wildman–Crippen LogP) is 4.24. The van der Waals surface area contributed by atoms with Crippen LogP contribution in [0, 0.1) is 17.3 Å². The number of amides is 1. The lowest BCUT2D eigenvalue weighted by Crippen LogP contribution is -2.57. The van der Waals surface area contributed by atoms with Crippen molar-refractivity contribution >= 4 is 22.4 Å². The van der Waals surface area contributed by atoms with Gasteiger partial charge in [-0.2, -0.15) is 9.65 Å². The molecule has 4 aromatic rings. The fourth-order valence-electron chi connectivity index (χ4n) is 3.93. The first-order valence-corrected chi connectivity index (χ1v) is 10.2. The van der Waals surface area contributed by atoms with Crippen molar-refractivity contribution in [3.05, 3.63) is 90.3 Å². The molecule has 5 rings (SSSR count). The number of fused-ring (bicyclic) bond motifs is 1. The van der Waals surface area contributed by atoms with E-state index < -0.39 is 5.95 Å². The molecular weight excluding hydrogens is 405 g/mol. The topological polar surface area (TPSA) is 81.9 Å². The van der Waals surface area contributed by atoms with Gasteiger partial charge in [0.1, 0.15) is 0 Å². The van der Waals surface area contributed by atoms with Gasteiger partial charge in [-0.1, -0.05) is 12.1 Å². The molecule has 1 saturated heterocycles. The molecule has 156 valence electrons. The van der Waals surface area contributed by atoms with E-state index in [1.807, 2.05) is 36.5 Å². The van der Waals surface area contributed by atoms with E-state index in [1.54, 1.807) is 17.2 Å². The molecule has 1 amide bonds. The van der Waals surface area contributed by atoms with Crippen molar-refractivity contribution in [1.29, 1.82) is 5.26 Å². The SMILES string of the molecule is N#Cc1cccc(-c2cc(NC3CN(C(=O)c4ccnc(F)c4)C3)c3cnccc3c2)c1. The van der Waals surface area contributed by atoms with Gasteiger partial charge in [-0.3, -0.25) is 9.78 Å². The van der Waals surface area contributed by atoms with E-state index in [0.717, 1.165) is 33.7 Å². The molecular formula is C25H18FN5O. The largest absolute Gasteiger partial charge is 0.378 e. The molecule has 0 spiro atoms. The molecule has 3 heterocycles. The fourth-order valence-corrected chi connectivity index (χ4v) is 3.93. The predicted molar refractivity (Wildman–Crippen MR) is 119 cm³/mol. The highest BCUT2D eigenvalue weighted by Crippen LogP contribution is 2.32. The van der Waals surface area contributed by atoms with Gasteiger partial charge in [0, 0.05) is 54.4 Å². The first-order valence-electron chi connectivity index (χ1n) is 10.2. The van der Waals surface area contributed by atoms with Gasteiger partial charge in [0.05, 0.1) is 17.7 Å². The Hall–Kier alpha value is -4.31. The number of rotatable bonds is 4. The van der Waals surface area contributed by atoms with Crippen molar-refractivity contribution in [3.63, 3.8) is 0 Å². The molecule has 2 aromatic heterocycles. The maximum Gasteiger partial charge on any atom is 0.254 e. The number of hydrogen-bond donors (Lipinski definition) is 1. The average molecular weight is 423 g/mol. The van der Waals surface area contributed by atoms with E-state index in [-0.39, 0.29) is 11.9 Å². The van der Waals surface area contributed by atoms with Gasteiger partial charge in [0.25, 0.3) is 5.91 Å². The first kappa shape index (κ1) is 19.6. The van der Waals surface area contributed by atoms with E-state index in [0.29, 0.717) is 24.2 Å². The highest BCUT2D eigenvalue weighted by atomic mass is 19.1. The fraction of sp³-hybridized carbons (Fsp3) is 0.120. The zero-order valence-electron chi connectivity index (χ0n) is 17.0. The van der Waals surface area contributed by atoms with E-state index in [1.165, 1.54) is 12.3 Å². The van der Waals surface area contributed by atoms with Crippen LogP contribution in [0.3, 0.4) is 0 Å². The quantitative estimate of drug-likeness (QED) is 0.497. The maximum atomic E-state index is 13.3. The van der Waals surface area contributed by atoms with Crippen LogP contribution in [0.25, 0.3) is 21.9 Å². The zero-order chi connectivity index (χ0) is 22.1. The normalized spacial score (nSPS) is 13.4. The van der Waals surface area contributed by atoms with Crippen molar-refractivity contribution in [2.24, 2.45) is 0 Å². The summed E-state index contributed by atoms with van der Waals surface area (Å²) < 4.78 is 13.3. The second-order valence-corrected chi connectivity index (χ2v) is 7.73. The zero-order valence-corrected chi connectivity index (χ0v) is 17.0. The lowest BCUT2D eigenvalue weighted by Gasteiger charge is -2.40. The second kappa shape index (κ2) is 8.08. The Bertz CT molecular complexity index is 1370. The summed E-state index contributed by atoms with van der Waals surface area (Å²) in [4.78, 5) is 22.0. The number of aromatic nitrogens is 2. The van der Waals surface area contributed by atoms with Crippen molar-refractivity contribution in [2.75, 3.05) is 18.4 Å². The lowest BCUT2D eigenvalue weighted by atomic mass is 9.98. The van der Waals surface area contributed by atoms with Gasteiger partial charge in [-0.15, -0.1) is 0 Å². The molecule has 0 unspecified atom stereocenters. The minimum Gasteiger partial charge on any atom is -0.378 e. The number of carbonyl (C=O) groups excluding carboxylic acids is 1. The summed E-state index contributed by atoms with van der Waals surface area (Å²) in [6.45, 7) is 1.03. The van der Waals surface area contributed by atoms with Gasteiger partial charge >= 0.3 is 0 Å². The standard InChI is InChI=1S/C25H18FN5O/c26-24-11-19(5-7-29-24)25(32)31-14-21(15-31)30-23-10-20(9-18-4-6-28-13-22(18)23)17-3-1-2-16(8-17)12-27/h1-11,13,21,30H,14-15H2. The maximum absolute atomic E-state index is 13.3. The number of nitrogens with zero attached hydrogens (tertiary/aromatic N) is 4. The molecule has 0 saturated carbocycles. The Balaban J connectivity index is 1.39. The van der Waals surface area contributed by atoms with Crippen LogP contribution in [0.5, 0.6) is 0 Å². The molecule has 1 N–H and O–H groups in total. The molecule has 1 aliphatic heterocycles. The summed E-state index contributed by atoms with van der Waals surface area (Å²) >= 11 is 0. The van der Waals surface area contributed by atoms with Gasteiger partial charge in [0.2, 0.25) is 5.95 Å². The number of hydrogen-bond acceptors (Lipinski definition) is 5. The minimum atomic E-state index is -0.665. The summed E-state index contributed by atoms with van der Waals surface area (Å²) in [5.41, 5.74) is 3.76. The Morgan fingerprint density at radius 2 is 1.97 bits per heavy atom. The number of carbonyl (C=O) groups is 1. The number of likely N-dealkylation sites (tertiary alicyclic amines) is 1. The van der Waals surface area contributed by atoms with Crippen LogP contribution in [0.2, 0.25) is 0 Å². The van der Waals surface area contributed by atoms with Crippen molar-refractivity contribution in [2.45, 2.75) is 6.04 Å². The van der Waals surface area contributed by atoms with E-state index in [4.69, 9.17) is 0 Å². The van der Waals surface area contributed by atoms with E-state index in [2.05, 4.69) is 27.4 Å². The molecule has 0 atom stereocenters. The molecule has 0 bridgehead atoms. The summed E-state index contributed by atoms with van der Waals surface area (Å²) in [5, 5.41) is 14.8. The molecule has 0 radical (unpaired) electrons. The Kier molecular flexibility index (Phi) is 4.96. The number of benzene rings is 2. The molecule has 6 nitrogen and oxygen atoms in total. The monoisotopic (exact) mass is 423 g/mol. The molecule has 7 heteroatoms. The third-order valence-electron chi connectivity index (χ3n) is 5.58. The third kappa shape index (κ3) is 3.74. The number of nitrogens with one attached hydrogen (secondary N) is 1. The van der Waals surface area contributed by atoms with Gasteiger partial charge in [-0.05, 0) is 52.9 Å². The van der Waals surface area contributed by atoms with Crippen molar-refractivity contribution in [1.82, 2.24) is 14.9 Å². The Labute approximate surface area is 184 Å². The summed E-state index contributed by atoms with van der Waals surface area (Å²) in [7, 11) is 0. The van der Waals surface area contributed by atoms with Gasteiger partial charge in [0.15, 0.2) is 0 Å². The summed E-state index contributed by atoms with van der Waals surface area (Å²) in [6, 6.07) is 18.5. The summed E-state index contributed by atoms with van der Waals surface area (Å²) in [6.07, 6.45) is 4.86. The first-order chi connectivity index (χ1) is 15.6. The smallest absolute Gasteiger partial charge is 0.254 e. The van der Waals surface area contributed by atoms with Gasteiger partial charge in [-0.25, -0.2) is 4.98 Å². The lowest BCUT2D eigenvalue weighted by molar-refractivity contribution is 0.0624. The van der Waals surface area contributed by atoms with Crippen molar-refractivity contribution < 1.29 is 9.18 Å². The van der Waals surface area contributed by atoms with Crippen LogP contribution in [0.1, 0.15) is 15.9 Å². The second-order valence-electron chi connectivity index (χ2n) is 7.73. The van der Waals surface area contributed by atoms with E-state index in [9.17, 15) is 14.4 Å². The number of anilines is 1. The molecule has 1 fully saturated rings.